The van der Waals surface area contributed by atoms with Crippen LogP contribution in [0.5, 0.6) is 5.75 Å². The zero-order valence-corrected chi connectivity index (χ0v) is 26.5. The van der Waals surface area contributed by atoms with Crippen LogP contribution in [0.2, 0.25) is 0 Å². The van der Waals surface area contributed by atoms with Crippen LogP contribution in [0.4, 0.5) is 0 Å². The van der Waals surface area contributed by atoms with Crippen LogP contribution >= 0.6 is 0 Å². The Morgan fingerprint density at radius 1 is 0.829 bits per heavy atom. The predicted molar refractivity (Wildman–Crippen MR) is 176 cm³/mol. The molecule has 0 atom stereocenters. The summed E-state index contributed by atoms with van der Waals surface area (Å²) >= 11 is 0. The molecule has 2 rings (SSSR count). The van der Waals surface area contributed by atoms with Crippen molar-refractivity contribution < 1.29 is 4.74 Å². The summed E-state index contributed by atoms with van der Waals surface area (Å²) in [6.45, 7) is 6.24. The molecule has 0 bridgehead atoms. The van der Waals surface area contributed by atoms with E-state index in [0.717, 1.165) is 44.6 Å². The summed E-state index contributed by atoms with van der Waals surface area (Å²) in [6.07, 6.45) is 25.8. The van der Waals surface area contributed by atoms with Crippen LogP contribution in [0, 0.1) is 0 Å². The summed E-state index contributed by atoms with van der Waals surface area (Å²) < 4.78 is 8.15. The van der Waals surface area contributed by atoms with Crippen LogP contribution in [-0.2, 0) is 13.1 Å². The van der Waals surface area contributed by atoms with Crippen LogP contribution < -0.4 is 15.5 Å². The van der Waals surface area contributed by atoms with Crippen molar-refractivity contribution in [3.05, 3.63) is 76.2 Å². The number of hydrogen-bond acceptors (Lipinski definition) is 4. The molecule has 1 heterocycles. The number of unbranched alkanes of at least 4 members (excludes halogenated alkanes) is 12. The number of benzene rings is 1. The van der Waals surface area contributed by atoms with Gasteiger partial charge in [-0.15, -0.1) is 0 Å². The minimum Gasteiger partial charge on any atom is -0.488 e. The van der Waals surface area contributed by atoms with Gasteiger partial charge >= 0.3 is 0 Å². The molecule has 0 unspecified atom stereocenters. The molecule has 5 heteroatoms. The Kier molecular flexibility index (Phi) is 19.7. The average molecular weight is 566 g/mol. The lowest BCUT2D eigenvalue weighted by molar-refractivity contribution is 0.298. The molecule has 0 aliphatic carbocycles. The molecule has 0 fully saturated rings. The van der Waals surface area contributed by atoms with Gasteiger partial charge in [0.2, 0.25) is 5.43 Å². The molecule has 2 aromatic rings. The maximum Gasteiger partial charge on any atom is 0.223 e. The molecule has 0 saturated heterocycles. The lowest BCUT2D eigenvalue weighted by Crippen LogP contribution is -2.24. The van der Waals surface area contributed by atoms with Gasteiger partial charge < -0.3 is 19.5 Å². The summed E-state index contributed by atoms with van der Waals surface area (Å²) in [5, 5.41) is 3.50. The Hall–Kier alpha value is -2.37. The second kappa shape index (κ2) is 23.2. The van der Waals surface area contributed by atoms with E-state index < -0.39 is 0 Å². The van der Waals surface area contributed by atoms with Crippen molar-refractivity contribution in [3.63, 3.8) is 0 Å². The lowest BCUT2D eigenvalue weighted by Gasteiger charge is -2.17. The zero-order valence-electron chi connectivity index (χ0n) is 26.5. The van der Waals surface area contributed by atoms with Crippen molar-refractivity contribution >= 4 is 0 Å². The fraction of sp³-hybridized carbons (Fsp3) is 0.639. The van der Waals surface area contributed by atoms with E-state index in [9.17, 15) is 4.79 Å². The maximum atomic E-state index is 12.8. The number of hydrogen-bond donors (Lipinski definition) is 1. The molecule has 1 aromatic carbocycles. The Morgan fingerprint density at radius 3 is 2.12 bits per heavy atom. The van der Waals surface area contributed by atoms with E-state index in [0.29, 0.717) is 18.9 Å². The predicted octanol–water partition coefficient (Wildman–Crippen LogP) is 8.35. The highest BCUT2D eigenvalue weighted by atomic mass is 16.5. The molecule has 1 aromatic heterocycles. The van der Waals surface area contributed by atoms with Crippen molar-refractivity contribution in [2.75, 3.05) is 33.8 Å². The Balaban J connectivity index is 1.66. The maximum absolute atomic E-state index is 12.8. The van der Waals surface area contributed by atoms with Crippen molar-refractivity contribution in [3.8, 4) is 5.75 Å². The lowest BCUT2D eigenvalue weighted by atomic mass is 10.1. The Bertz CT molecular complexity index is 984. The van der Waals surface area contributed by atoms with Gasteiger partial charge in [-0.1, -0.05) is 107 Å². The molecule has 1 N–H and O–H groups in total. The highest BCUT2D eigenvalue weighted by Crippen LogP contribution is 2.13. The number of nitrogens with zero attached hydrogens (tertiary/aromatic N) is 2. The van der Waals surface area contributed by atoms with E-state index in [1.165, 1.54) is 82.6 Å². The van der Waals surface area contributed by atoms with E-state index >= 15 is 0 Å². The van der Waals surface area contributed by atoms with Crippen molar-refractivity contribution in [1.29, 1.82) is 0 Å². The number of aromatic nitrogens is 1. The molecular formula is C36H59N3O2. The number of rotatable bonds is 25. The van der Waals surface area contributed by atoms with E-state index in [2.05, 4.69) is 72.2 Å². The van der Waals surface area contributed by atoms with E-state index in [4.69, 9.17) is 4.74 Å². The van der Waals surface area contributed by atoms with Gasteiger partial charge in [0, 0.05) is 24.8 Å². The Labute approximate surface area is 251 Å². The third kappa shape index (κ3) is 17.2. The van der Waals surface area contributed by atoms with Gasteiger partial charge in [0.1, 0.15) is 0 Å². The number of allylic oxidation sites excluding steroid dienone is 2. The molecule has 0 saturated carbocycles. The van der Waals surface area contributed by atoms with Crippen LogP contribution in [0.1, 0.15) is 114 Å². The average Bonchev–Trinajstić information content (AvgIpc) is 2.96. The standard InChI is InChI=1S/C36H59N3O2/c1-4-5-6-7-8-9-10-11-12-13-14-15-16-17-18-22-28-41-36-32-39(31-33-24-20-19-21-25-33)34(29-35(36)40)30-37-26-23-27-38(2)3/h11-12,19-21,24-25,29,32,37H,4-10,13-18,22-23,26-28,30-31H2,1-3H3/b12-11-. The molecule has 0 amide bonds. The van der Waals surface area contributed by atoms with Crippen LogP contribution in [0.15, 0.2) is 59.5 Å². The smallest absolute Gasteiger partial charge is 0.223 e. The van der Waals surface area contributed by atoms with E-state index in [1.807, 2.05) is 12.3 Å². The first-order valence-electron chi connectivity index (χ1n) is 16.5. The van der Waals surface area contributed by atoms with Crippen molar-refractivity contribution in [2.24, 2.45) is 0 Å². The van der Waals surface area contributed by atoms with Gasteiger partial charge in [0.25, 0.3) is 0 Å². The first kappa shape index (κ1) is 34.8. The molecule has 0 radical (unpaired) electrons. The number of pyridine rings is 1. The molecule has 230 valence electrons. The second-order valence-electron chi connectivity index (χ2n) is 11.7. The minimum absolute atomic E-state index is 0.0241. The molecule has 0 spiro atoms. The topological polar surface area (TPSA) is 46.5 Å². The Morgan fingerprint density at radius 2 is 1.46 bits per heavy atom. The van der Waals surface area contributed by atoms with Crippen LogP contribution in [0.25, 0.3) is 0 Å². The zero-order chi connectivity index (χ0) is 29.4. The van der Waals surface area contributed by atoms with Gasteiger partial charge in [0.15, 0.2) is 5.75 Å². The quantitative estimate of drug-likeness (QED) is 0.0971. The summed E-state index contributed by atoms with van der Waals surface area (Å²) in [7, 11) is 4.18. The number of nitrogens with one attached hydrogen (secondary N) is 1. The van der Waals surface area contributed by atoms with Gasteiger partial charge in [-0.25, -0.2) is 0 Å². The first-order chi connectivity index (χ1) is 20.1. The van der Waals surface area contributed by atoms with Crippen LogP contribution in [0.3, 0.4) is 0 Å². The SMILES string of the molecule is CCCCCCCC/C=C\CCCCCCCCOc1cn(Cc2ccccc2)c(CNCCCN(C)C)cc1=O. The summed E-state index contributed by atoms with van der Waals surface area (Å²) in [5.74, 6) is 0.463. The fourth-order valence-corrected chi connectivity index (χ4v) is 5.05. The highest BCUT2D eigenvalue weighted by Gasteiger charge is 2.09. The monoisotopic (exact) mass is 565 g/mol. The molecule has 5 nitrogen and oxygen atoms in total. The van der Waals surface area contributed by atoms with Gasteiger partial charge in [0.05, 0.1) is 12.8 Å². The normalized spacial score (nSPS) is 11.6. The fourth-order valence-electron chi connectivity index (χ4n) is 5.05. The molecule has 41 heavy (non-hydrogen) atoms. The summed E-state index contributed by atoms with van der Waals surface area (Å²) in [6, 6.07) is 12.1. The van der Waals surface area contributed by atoms with Crippen LogP contribution in [-0.4, -0.2) is 43.3 Å². The molecular weight excluding hydrogens is 506 g/mol. The van der Waals surface area contributed by atoms with E-state index in [-0.39, 0.29) is 5.43 Å². The van der Waals surface area contributed by atoms with Gasteiger partial charge in [-0.2, -0.15) is 0 Å². The van der Waals surface area contributed by atoms with E-state index in [1.54, 1.807) is 6.07 Å². The third-order valence-corrected chi connectivity index (χ3v) is 7.56. The molecule has 0 aliphatic heterocycles. The summed E-state index contributed by atoms with van der Waals surface area (Å²) in [4.78, 5) is 15.0. The van der Waals surface area contributed by atoms with Crippen molar-refractivity contribution in [1.82, 2.24) is 14.8 Å². The van der Waals surface area contributed by atoms with Crippen molar-refractivity contribution in [2.45, 2.75) is 116 Å². The van der Waals surface area contributed by atoms with Gasteiger partial charge in [-0.3, -0.25) is 4.79 Å². The molecule has 0 aliphatic rings. The second-order valence-corrected chi connectivity index (χ2v) is 11.7. The third-order valence-electron chi connectivity index (χ3n) is 7.56. The highest BCUT2D eigenvalue weighted by molar-refractivity contribution is 5.24. The van der Waals surface area contributed by atoms with Gasteiger partial charge in [-0.05, 0) is 71.3 Å². The largest absolute Gasteiger partial charge is 0.488 e. The minimum atomic E-state index is -0.0241. The number of ether oxygens (including phenoxy) is 1. The summed E-state index contributed by atoms with van der Waals surface area (Å²) in [5.41, 5.74) is 2.18. The first-order valence-corrected chi connectivity index (χ1v) is 16.5.